The van der Waals surface area contributed by atoms with E-state index in [0.717, 1.165) is 12.0 Å². The van der Waals surface area contributed by atoms with Crippen molar-refractivity contribution in [1.82, 2.24) is 14.1 Å². The van der Waals surface area contributed by atoms with Gasteiger partial charge in [0.25, 0.3) is 15.9 Å². The zero-order chi connectivity index (χ0) is 23.8. The molecule has 0 N–H and O–H groups in total. The summed E-state index contributed by atoms with van der Waals surface area (Å²) in [5.74, 6) is 0.356. The maximum atomic E-state index is 13.1. The molecule has 4 rings (SSSR count). The van der Waals surface area contributed by atoms with Gasteiger partial charge < -0.3 is 9.80 Å². The van der Waals surface area contributed by atoms with Crippen LogP contribution in [-0.4, -0.2) is 81.2 Å². The molecular weight excluding hydrogens is 464 g/mol. The smallest absolute Gasteiger partial charge is 0.256 e. The average Bonchev–Trinajstić information content (AvgIpc) is 2.82. The lowest BCUT2D eigenvalue weighted by Gasteiger charge is -2.35. The van der Waals surface area contributed by atoms with Crippen molar-refractivity contribution in [3.8, 4) is 0 Å². The molecule has 1 aromatic carbocycles. The van der Waals surface area contributed by atoms with Crippen molar-refractivity contribution in [3.05, 3.63) is 53.8 Å². The maximum absolute atomic E-state index is 13.1. The zero-order valence-electron chi connectivity index (χ0n) is 18.7. The van der Waals surface area contributed by atoms with E-state index < -0.39 is 20.0 Å². The third-order valence-electron chi connectivity index (χ3n) is 6.30. The highest BCUT2D eigenvalue weighted by Gasteiger charge is 2.32. The number of rotatable bonds is 5. The molecule has 178 valence electrons. The van der Waals surface area contributed by atoms with Gasteiger partial charge in [-0.3, -0.25) is 4.79 Å². The Morgan fingerprint density at radius 3 is 2.36 bits per heavy atom. The van der Waals surface area contributed by atoms with Crippen molar-refractivity contribution < 1.29 is 21.6 Å². The van der Waals surface area contributed by atoms with Crippen LogP contribution in [0.4, 0.5) is 0 Å². The van der Waals surface area contributed by atoms with Crippen molar-refractivity contribution in [1.29, 1.82) is 0 Å². The molecule has 3 heterocycles. The lowest BCUT2D eigenvalue weighted by Crippen LogP contribution is -2.51. The molecule has 0 radical (unpaired) electrons. The Kier molecular flexibility index (Phi) is 6.47. The molecule has 0 bridgehead atoms. The standard InChI is InChI=1S/C22H28N4O5S2/c1-3-17(2)18-4-7-20(8-5-18)33(30,31)26-12-10-24(11-13-26)22(27)19-6-9-21-23-32(28,29)15-14-25(21)16-19/h4-9,16-17H,3,10-15H2,1-2H3. The minimum Gasteiger partial charge on any atom is -0.336 e. The number of piperazine rings is 1. The van der Waals surface area contributed by atoms with Gasteiger partial charge in [0, 0.05) is 38.9 Å². The monoisotopic (exact) mass is 492 g/mol. The molecule has 3 aliphatic rings. The Balaban J connectivity index is 1.40. The van der Waals surface area contributed by atoms with Crippen LogP contribution < -0.4 is 0 Å². The van der Waals surface area contributed by atoms with Crippen LogP contribution in [0.15, 0.2) is 57.5 Å². The summed E-state index contributed by atoms with van der Waals surface area (Å²) in [5, 5.41) is 0. The number of amidine groups is 1. The van der Waals surface area contributed by atoms with Crippen LogP contribution in [0.25, 0.3) is 0 Å². The molecule has 1 unspecified atom stereocenters. The van der Waals surface area contributed by atoms with E-state index in [0.29, 0.717) is 17.3 Å². The molecule has 1 aromatic rings. The first-order valence-electron chi connectivity index (χ1n) is 11.0. The average molecular weight is 493 g/mol. The Bertz CT molecular complexity index is 1230. The first-order chi connectivity index (χ1) is 15.6. The van der Waals surface area contributed by atoms with Crippen LogP contribution in [0, 0.1) is 0 Å². The zero-order valence-corrected chi connectivity index (χ0v) is 20.3. The molecule has 33 heavy (non-hydrogen) atoms. The quantitative estimate of drug-likeness (QED) is 0.617. The van der Waals surface area contributed by atoms with Crippen LogP contribution in [-0.2, 0) is 24.8 Å². The predicted molar refractivity (Wildman–Crippen MR) is 126 cm³/mol. The highest BCUT2D eigenvalue weighted by molar-refractivity contribution is 7.90. The Hall–Kier alpha value is -2.50. The topological polar surface area (TPSA) is 107 Å². The van der Waals surface area contributed by atoms with Crippen LogP contribution in [0.5, 0.6) is 0 Å². The number of hydrogen-bond donors (Lipinski definition) is 0. The second-order valence-electron chi connectivity index (χ2n) is 8.42. The Morgan fingerprint density at radius 2 is 1.73 bits per heavy atom. The summed E-state index contributed by atoms with van der Waals surface area (Å²) in [5.41, 5.74) is 1.53. The predicted octanol–water partition coefficient (Wildman–Crippen LogP) is 1.53. The molecule has 9 nitrogen and oxygen atoms in total. The SMILES string of the molecule is CCC(C)c1ccc(S(=O)(=O)N2CCN(C(=O)C3=CN4CCS(=O)(=O)N=C4C=C3)CC2)cc1. The molecule has 1 amide bonds. The fourth-order valence-corrected chi connectivity index (χ4v) is 6.39. The summed E-state index contributed by atoms with van der Waals surface area (Å²) in [4.78, 5) is 16.5. The van der Waals surface area contributed by atoms with E-state index in [-0.39, 0.29) is 49.3 Å². The third kappa shape index (κ3) is 4.90. The largest absolute Gasteiger partial charge is 0.336 e. The van der Waals surface area contributed by atoms with Crippen LogP contribution in [0.1, 0.15) is 31.7 Å². The van der Waals surface area contributed by atoms with E-state index in [1.165, 1.54) is 10.4 Å². The number of carbonyl (C=O) groups is 1. The number of fused-ring (bicyclic) bond motifs is 1. The fourth-order valence-electron chi connectivity index (χ4n) is 3.99. The summed E-state index contributed by atoms with van der Waals surface area (Å²) in [6.07, 6.45) is 5.67. The minimum atomic E-state index is -3.63. The number of sulfonamides is 2. The lowest BCUT2D eigenvalue weighted by molar-refractivity contribution is -0.128. The molecule has 0 saturated carbocycles. The number of nitrogens with zero attached hydrogens (tertiary/aromatic N) is 4. The Labute approximate surface area is 195 Å². The van der Waals surface area contributed by atoms with Crippen LogP contribution in [0.3, 0.4) is 0 Å². The normalized spacial score (nSPS) is 21.8. The van der Waals surface area contributed by atoms with Gasteiger partial charge in [0.05, 0.1) is 16.2 Å². The van der Waals surface area contributed by atoms with E-state index >= 15 is 0 Å². The molecule has 1 saturated heterocycles. The summed E-state index contributed by atoms with van der Waals surface area (Å²) in [6.45, 7) is 5.44. The van der Waals surface area contributed by atoms with E-state index in [1.54, 1.807) is 34.2 Å². The van der Waals surface area contributed by atoms with Gasteiger partial charge in [0.2, 0.25) is 10.0 Å². The van der Waals surface area contributed by atoms with Crippen LogP contribution in [0.2, 0.25) is 0 Å². The van der Waals surface area contributed by atoms with Crippen molar-refractivity contribution >= 4 is 31.8 Å². The van der Waals surface area contributed by atoms with Crippen molar-refractivity contribution in [2.24, 2.45) is 4.40 Å². The van der Waals surface area contributed by atoms with Gasteiger partial charge in [-0.2, -0.15) is 4.31 Å². The molecule has 1 fully saturated rings. The van der Waals surface area contributed by atoms with E-state index in [2.05, 4.69) is 18.2 Å². The molecular formula is C22H28N4O5S2. The summed E-state index contributed by atoms with van der Waals surface area (Å²) >= 11 is 0. The number of hydrogen-bond acceptors (Lipinski definition) is 6. The minimum absolute atomic E-state index is 0.100. The van der Waals surface area contributed by atoms with Gasteiger partial charge in [-0.25, -0.2) is 16.8 Å². The summed E-state index contributed by atoms with van der Waals surface area (Å²) < 4.78 is 54.5. The van der Waals surface area contributed by atoms with E-state index in [4.69, 9.17) is 0 Å². The Morgan fingerprint density at radius 1 is 1.06 bits per heavy atom. The number of benzene rings is 1. The molecule has 1 atom stereocenters. The van der Waals surface area contributed by atoms with Crippen molar-refractivity contribution in [2.75, 3.05) is 38.5 Å². The first kappa shape index (κ1) is 23.7. The summed E-state index contributed by atoms with van der Waals surface area (Å²) in [6, 6.07) is 7.05. The van der Waals surface area contributed by atoms with E-state index in [9.17, 15) is 21.6 Å². The lowest BCUT2D eigenvalue weighted by atomic mass is 9.99. The first-order valence-corrected chi connectivity index (χ1v) is 14.0. The molecule has 0 aliphatic carbocycles. The number of amides is 1. The molecule has 0 spiro atoms. The van der Waals surface area contributed by atoms with Gasteiger partial charge in [0.1, 0.15) is 5.84 Å². The van der Waals surface area contributed by atoms with Crippen molar-refractivity contribution in [3.63, 3.8) is 0 Å². The van der Waals surface area contributed by atoms with Gasteiger partial charge in [-0.1, -0.05) is 26.0 Å². The van der Waals surface area contributed by atoms with Gasteiger partial charge in [-0.05, 0) is 42.2 Å². The van der Waals surface area contributed by atoms with E-state index in [1.807, 2.05) is 12.1 Å². The maximum Gasteiger partial charge on any atom is 0.256 e. The third-order valence-corrected chi connectivity index (χ3v) is 9.37. The fraction of sp³-hybridized carbons (Fsp3) is 0.455. The molecule has 11 heteroatoms. The second-order valence-corrected chi connectivity index (χ2v) is 12.1. The number of carbonyl (C=O) groups excluding carboxylic acids is 1. The van der Waals surface area contributed by atoms with Crippen LogP contribution >= 0.6 is 0 Å². The van der Waals surface area contributed by atoms with Gasteiger partial charge in [0.15, 0.2) is 0 Å². The second kappa shape index (κ2) is 9.03. The summed E-state index contributed by atoms with van der Waals surface area (Å²) in [7, 11) is -7.08. The highest BCUT2D eigenvalue weighted by atomic mass is 32.2. The molecule has 3 aliphatic heterocycles. The highest BCUT2D eigenvalue weighted by Crippen LogP contribution is 2.24. The van der Waals surface area contributed by atoms with Gasteiger partial charge >= 0.3 is 0 Å². The molecule has 0 aromatic heterocycles. The van der Waals surface area contributed by atoms with Gasteiger partial charge in [-0.15, -0.1) is 4.40 Å². The van der Waals surface area contributed by atoms with Crippen molar-refractivity contribution in [2.45, 2.75) is 31.1 Å².